The average Bonchev–Trinajstić information content (AvgIpc) is 2.28. The monoisotopic (exact) mass is 190 g/mol. The van der Waals surface area contributed by atoms with Crippen LogP contribution in [-0.4, -0.2) is 22.9 Å². The molecule has 1 aliphatic carbocycles. The molecule has 0 aromatic rings. The quantitative estimate of drug-likeness (QED) is 0.532. The van der Waals surface area contributed by atoms with Gasteiger partial charge in [-0.05, 0) is 19.3 Å². The van der Waals surface area contributed by atoms with Gasteiger partial charge in [0.25, 0.3) is 0 Å². The minimum Gasteiger partial charge on any atom is -0.393 e. The minimum atomic E-state index is -0.287. The van der Waals surface area contributed by atoms with E-state index in [1.807, 2.05) is 0 Å². The van der Waals surface area contributed by atoms with E-state index in [1.54, 1.807) is 0 Å². The van der Waals surface area contributed by atoms with Crippen molar-refractivity contribution in [2.75, 3.05) is 5.88 Å². The van der Waals surface area contributed by atoms with Crippen molar-refractivity contribution in [3.63, 3.8) is 0 Å². The summed E-state index contributed by atoms with van der Waals surface area (Å²) in [6.07, 6.45) is 4.15. The standard InChI is InChI=1S/C9H15ClO2/c10-6-9(12)7-3-1-2-4-8(11)5-7/h7-8,11H,1-6H2. The predicted octanol–water partition coefficient (Wildman–Crippen LogP) is 1.74. The predicted molar refractivity (Wildman–Crippen MR) is 48.3 cm³/mol. The van der Waals surface area contributed by atoms with Crippen LogP contribution in [0.25, 0.3) is 0 Å². The third-order valence-corrected chi connectivity index (χ3v) is 2.75. The molecule has 1 N–H and O–H groups in total. The summed E-state index contributed by atoms with van der Waals surface area (Å²) in [7, 11) is 0. The summed E-state index contributed by atoms with van der Waals surface area (Å²) in [6.45, 7) is 0. The van der Waals surface area contributed by atoms with E-state index in [1.165, 1.54) is 0 Å². The van der Waals surface area contributed by atoms with Gasteiger partial charge in [0, 0.05) is 5.92 Å². The van der Waals surface area contributed by atoms with Crippen molar-refractivity contribution in [1.82, 2.24) is 0 Å². The first-order chi connectivity index (χ1) is 5.74. The molecule has 1 aliphatic rings. The van der Waals surface area contributed by atoms with Gasteiger partial charge in [0.15, 0.2) is 5.78 Å². The van der Waals surface area contributed by atoms with Crippen LogP contribution in [0.3, 0.4) is 0 Å². The van der Waals surface area contributed by atoms with Crippen molar-refractivity contribution in [2.45, 2.75) is 38.2 Å². The molecule has 0 aromatic carbocycles. The van der Waals surface area contributed by atoms with E-state index >= 15 is 0 Å². The number of aliphatic hydroxyl groups is 1. The highest BCUT2D eigenvalue weighted by Crippen LogP contribution is 2.24. The van der Waals surface area contributed by atoms with Crippen LogP contribution in [0.4, 0.5) is 0 Å². The first-order valence-corrected chi connectivity index (χ1v) is 5.04. The lowest BCUT2D eigenvalue weighted by Gasteiger charge is -2.13. The zero-order valence-corrected chi connectivity index (χ0v) is 7.89. The number of rotatable bonds is 2. The molecule has 0 saturated heterocycles. The van der Waals surface area contributed by atoms with Crippen molar-refractivity contribution >= 4 is 17.4 Å². The molecule has 2 nitrogen and oxygen atoms in total. The van der Waals surface area contributed by atoms with Gasteiger partial charge in [-0.15, -0.1) is 11.6 Å². The smallest absolute Gasteiger partial charge is 0.150 e. The Labute approximate surface area is 77.9 Å². The SMILES string of the molecule is O=C(CCl)C1CCCCC(O)C1. The molecule has 0 bridgehead atoms. The van der Waals surface area contributed by atoms with E-state index < -0.39 is 0 Å². The largest absolute Gasteiger partial charge is 0.393 e. The fraction of sp³-hybridized carbons (Fsp3) is 0.889. The third kappa shape index (κ3) is 2.76. The van der Waals surface area contributed by atoms with Gasteiger partial charge in [0.05, 0.1) is 12.0 Å². The van der Waals surface area contributed by atoms with Crippen LogP contribution in [0.2, 0.25) is 0 Å². The van der Waals surface area contributed by atoms with Gasteiger partial charge < -0.3 is 5.11 Å². The Kier molecular flexibility index (Phi) is 4.02. The second kappa shape index (κ2) is 4.83. The number of carbonyl (C=O) groups is 1. The molecule has 2 unspecified atom stereocenters. The summed E-state index contributed by atoms with van der Waals surface area (Å²) in [5.74, 6) is 0.204. The lowest BCUT2D eigenvalue weighted by Crippen LogP contribution is -2.19. The summed E-state index contributed by atoms with van der Waals surface area (Å²) in [5.41, 5.74) is 0. The van der Waals surface area contributed by atoms with E-state index in [0.717, 1.165) is 25.7 Å². The molecule has 2 atom stereocenters. The number of Topliss-reactive ketones (excluding diaryl/α,β-unsaturated/α-hetero) is 1. The van der Waals surface area contributed by atoms with Gasteiger partial charge in [-0.3, -0.25) is 4.79 Å². The van der Waals surface area contributed by atoms with Gasteiger partial charge in [0.2, 0.25) is 0 Å². The van der Waals surface area contributed by atoms with Gasteiger partial charge in [-0.2, -0.15) is 0 Å². The number of carbonyl (C=O) groups excluding carboxylic acids is 1. The molecule has 0 amide bonds. The van der Waals surface area contributed by atoms with Crippen LogP contribution in [0.15, 0.2) is 0 Å². The molecule has 1 rings (SSSR count). The second-order valence-electron chi connectivity index (χ2n) is 3.47. The highest BCUT2D eigenvalue weighted by Gasteiger charge is 2.23. The zero-order chi connectivity index (χ0) is 8.97. The fourth-order valence-corrected chi connectivity index (χ4v) is 1.95. The maximum atomic E-state index is 11.2. The number of halogens is 1. The number of hydrogen-bond donors (Lipinski definition) is 1. The molecule has 1 fully saturated rings. The summed E-state index contributed by atoms with van der Waals surface area (Å²) >= 11 is 5.46. The summed E-state index contributed by atoms with van der Waals surface area (Å²) in [5, 5.41) is 9.41. The van der Waals surface area contributed by atoms with Crippen molar-refractivity contribution < 1.29 is 9.90 Å². The van der Waals surface area contributed by atoms with Crippen LogP contribution in [0.5, 0.6) is 0 Å². The lowest BCUT2D eigenvalue weighted by atomic mass is 9.95. The van der Waals surface area contributed by atoms with Crippen molar-refractivity contribution in [2.24, 2.45) is 5.92 Å². The van der Waals surface area contributed by atoms with Crippen LogP contribution in [0.1, 0.15) is 32.1 Å². The Morgan fingerprint density at radius 1 is 1.42 bits per heavy atom. The maximum Gasteiger partial charge on any atom is 0.150 e. The number of ketones is 1. The molecule has 0 aliphatic heterocycles. The first-order valence-electron chi connectivity index (χ1n) is 4.50. The van der Waals surface area contributed by atoms with Crippen LogP contribution in [0, 0.1) is 5.92 Å². The van der Waals surface area contributed by atoms with Gasteiger partial charge in [-0.25, -0.2) is 0 Å². The Bertz CT molecular complexity index is 159. The summed E-state index contributed by atoms with van der Waals surface area (Å²) in [6, 6.07) is 0. The molecule has 3 heteroatoms. The van der Waals surface area contributed by atoms with Crippen molar-refractivity contribution in [3.8, 4) is 0 Å². The minimum absolute atomic E-state index is 0.0139. The number of hydrogen-bond acceptors (Lipinski definition) is 2. The van der Waals surface area contributed by atoms with Gasteiger partial charge >= 0.3 is 0 Å². The lowest BCUT2D eigenvalue weighted by molar-refractivity contribution is -0.121. The number of aliphatic hydroxyl groups excluding tert-OH is 1. The normalized spacial score (nSPS) is 31.2. The topological polar surface area (TPSA) is 37.3 Å². The van der Waals surface area contributed by atoms with E-state index in [2.05, 4.69) is 0 Å². The van der Waals surface area contributed by atoms with Crippen molar-refractivity contribution in [1.29, 1.82) is 0 Å². The number of alkyl halides is 1. The first kappa shape index (κ1) is 10.0. The van der Waals surface area contributed by atoms with E-state index in [-0.39, 0.29) is 23.7 Å². The highest BCUT2D eigenvalue weighted by atomic mass is 35.5. The fourth-order valence-electron chi connectivity index (χ4n) is 1.74. The molecule has 70 valence electrons. The molecule has 0 heterocycles. The highest BCUT2D eigenvalue weighted by molar-refractivity contribution is 6.27. The van der Waals surface area contributed by atoms with Gasteiger partial charge in [0.1, 0.15) is 0 Å². The molecular formula is C9H15ClO2. The molecule has 0 radical (unpaired) electrons. The molecular weight excluding hydrogens is 176 g/mol. The molecule has 1 saturated carbocycles. The van der Waals surface area contributed by atoms with E-state index in [4.69, 9.17) is 11.6 Å². The molecule has 0 spiro atoms. The van der Waals surface area contributed by atoms with Crippen LogP contribution < -0.4 is 0 Å². The Morgan fingerprint density at radius 2 is 2.08 bits per heavy atom. The Hall–Kier alpha value is -0.0800. The second-order valence-corrected chi connectivity index (χ2v) is 3.74. The van der Waals surface area contributed by atoms with E-state index in [0.29, 0.717) is 6.42 Å². The molecule has 0 aromatic heterocycles. The Morgan fingerprint density at radius 3 is 2.75 bits per heavy atom. The maximum absolute atomic E-state index is 11.2. The molecule has 12 heavy (non-hydrogen) atoms. The summed E-state index contributed by atoms with van der Waals surface area (Å²) < 4.78 is 0. The van der Waals surface area contributed by atoms with E-state index in [9.17, 15) is 9.90 Å². The van der Waals surface area contributed by atoms with Crippen molar-refractivity contribution in [3.05, 3.63) is 0 Å². The Balaban J connectivity index is 2.46. The van der Waals surface area contributed by atoms with Crippen LogP contribution >= 0.6 is 11.6 Å². The average molecular weight is 191 g/mol. The van der Waals surface area contributed by atoms with Crippen LogP contribution in [-0.2, 0) is 4.79 Å². The zero-order valence-electron chi connectivity index (χ0n) is 7.13. The van der Waals surface area contributed by atoms with Gasteiger partial charge in [-0.1, -0.05) is 12.8 Å². The third-order valence-electron chi connectivity index (χ3n) is 2.48. The summed E-state index contributed by atoms with van der Waals surface area (Å²) in [4.78, 5) is 11.2.